The molecule has 0 aromatic rings. The molecule has 0 aliphatic carbocycles. The minimum absolute atomic E-state index is 0. The summed E-state index contributed by atoms with van der Waals surface area (Å²) in [6, 6.07) is 0. The van der Waals surface area contributed by atoms with Crippen LogP contribution in [-0.2, 0) is 23.8 Å². The third-order valence-corrected chi connectivity index (χ3v) is 4.12. The molecule has 1 amide bonds. The number of carbonyl (C=O) groups is 2. The molecule has 0 saturated carbocycles. The number of carbonyl (C=O) groups excluding carboxylic acids is 2. The molecule has 1 aliphatic heterocycles. The lowest BCUT2D eigenvalue weighted by Gasteiger charge is -2.14. The number of esters is 1. The summed E-state index contributed by atoms with van der Waals surface area (Å²) in [4.78, 5) is 23.9. The second kappa shape index (κ2) is 18.2. The highest BCUT2D eigenvalue weighted by Crippen LogP contribution is 2.09. The monoisotopic (exact) mass is 391 g/mol. The molecule has 27 heavy (non-hydrogen) atoms. The van der Waals surface area contributed by atoms with Crippen molar-refractivity contribution in [1.29, 1.82) is 0 Å². The third kappa shape index (κ3) is 16.7. The average Bonchev–Trinajstić information content (AvgIpc) is 3.43. The van der Waals surface area contributed by atoms with Crippen molar-refractivity contribution in [2.45, 2.75) is 74.3 Å². The molecule has 0 radical (unpaired) electrons. The van der Waals surface area contributed by atoms with Gasteiger partial charge in [0.05, 0.1) is 25.7 Å². The van der Waals surface area contributed by atoms with Gasteiger partial charge in [0.1, 0.15) is 6.10 Å². The van der Waals surface area contributed by atoms with E-state index in [9.17, 15) is 9.59 Å². The van der Waals surface area contributed by atoms with Crippen LogP contribution in [-0.4, -0.2) is 63.4 Å². The van der Waals surface area contributed by atoms with Crippen LogP contribution >= 0.6 is 0 Å². The van der Waals surface area contributed by atoms with Crippen molar-refractivity contribution in [2.24, 2.45) is 11.8 Å². The number of ether oxygens (including phenoxy) is 3. The second-order valence-corrected chi connectivity index (χ2v) is 6.76. The molecule has 6 heteroatoms. The fourth-order valence-electron chi connectivity index (χ4n) is 1.78. The van der Waals surface area contributed by atoms with Crippen molar-refractivity contribution in [1.82, 2.24) is 4.90 Å². The van der Waals surface area contributed by atoms with Crippen LogP contribution in [0.2, 0.25) is 0 Å². The fourth-order valence-corrected chi connectivity index (χ4v) is 1.78. The lowest BCUT2D eigenvalue weighted by atomic mass is 10.1. The summed E-state index contributed by atoms with van der Waals surface area (Å²) in [7, 11) is 3.57. The number of epoxide rings is 1. The first-order valence-corrected chi connectivity index (χ1v) is 9.40. The molecular weight excluding hydrogens is 346 g/mol. The van der Waals surface area contributed by atoms with Gasteiger partial charge in [-0.3, -0.25) is 9.59 Å². The summed E-state index contributed by atoms with van der Waals surface area (Å²) < 4.78 is 15.5. The van der Waals surface area contributed by atoms with E-state index in [2.05, 4.69) is 0 Å². The SMILES string of the molecule is C.C.CCC(C)C(=O)N(C)C.CCC(C)C(=O)OCCCCOCC1CO1. The van der Waals surface area contributed by atoms with E-state index in [4.69, 9.17) is 14.2 Å². The Morgan fingerprint density at radius 2 is 1.56 bits per heavy atom. The van der Waals surface area contributed by atoms with Gasteiger partial charge in [-0.25, -0.2) is 0 Å². The summed E-state index contributed by atoms with van der Waals surface area (Å²) >= 11 is 0. The molecular formula is C21H45NO5. The molecule has 0 N–H and O–H groups in total. The lowest BCUT2D eigenvalue weighted by molar-refractivity contribution is -0.148. The molecule has 3 unspecified atom stereocenters. The predicted octanol–water partition coefficient (Wildman–Crippen LogP) is 4.16. The zero-order valence-electron chi connectivity index (χ0n) is 16.9. The van der Waals surface area contributed by atoms with Crippen molar-refractivity contribution in [3.63, 3.8) is 0 Å². The van der Waals surface area contributed by atoms with E-state index in [0.29, 0.717) is 19.3 Å². The highest BCUT2D eigenvalue weighted by Gasteiger charge is 2.21. The Bertz CT molecular complexity index is 370. The van der Waals surface area contributed by atoms with Gasteiger partial charge in [0.25, 0.3) is 0 Å². The first kappa shape index (κ1) is 30.6. The quantitative estimate of drug-likeness (QED) is 0.300. The predicted molar refractivity (Wildman–Crippen MR) is 112 cm³/mol. The smallest absolute Gasteiger partial charge is 0.308 e. The Morgan fingerprint density at radius 1 is 1.04 bits per heavy atom. The van der Waals surface area contributed by atoms with E-state index in [-0.39, 0.29) is 38.6 Å². The van der Waals surface area contributed by atoms with Crippen LogP contribution in [0.3, 0.4) is 0 Å². The molecule has 6 nitrogen and oxygen atoms in total. The summed E-state index contributed by atoms with van der Waals surface area (Å²) in [6.07, 6.45) is 3.90. The number of hydrogen-bond acceptors (Lipinski definition) is 5. The standard InChI is InChI=1S/C12H22O4.C7H15NO.2CH4/c1-3-10(2)12(13)15-7-5-4-6-14-8-11-9-16-11;1-5-6(2)7(9)8(3)4;;/h10-11H,3-9H2,1-2H3;6H,5H2,1-4H3;2*1H4. The van der Waals surface area contributed by atoms with Crippen LogP contribution < -0.4 is 0 Å². The third-order valence-electron chi connectivity index (χ3n) is 4.12. The molecule has 1 aliphatic rings. The van der Waals surface area contributed by atoms with E-state index in [1.807, 2.05) is 27.7 Å². The molecule has 164 valence electrons. The molecule has 0 aromatic carbocycles. The maximum absolute atomic E-state index is 11.3. The molecule has 1 fully saturated rings. The van der Waals surface area contributed by atoms with Crippen LogP contribution in [0.25, 0.3) is 0 Å². The summed E-state index contributed by atoms with van der Waals surface area (Å²) in [5, 5.41) is 0. The Hall–Kier alpha value is -1.14. The van der Waals surface area contributed by atoms with E-state index < -0.39 is 0 Å². The van der Waals surface area contributed by atoms with Crippen molar-refractivity contribution in [3.05, 3.63) is 0 Å². The number of hydrogen-bond donors (Lipinski definition) is 0. The van der Waals surface area contributed by atoms with Gasteiger partial charge in [-0.05, 0) is 25.7 Å². The van der Waals surface area contributed by atoms with Crippen LogP contribution in [0, 0.1) is 11.8 Å². The maximum Gasteiger partial charge on any atom is 0.308 e. The zero-order chi connectivity index (χ0) is 19.2. The Balaban J connectivity index is -0.000000456. The van der Waals surface area contributed by atoms with Gasteiger partial charge in [-0.15, -0.1) is 0 Å². The summed E-state index contributed by atoms with van der Waals surface area (Å²) in [5.74, 6) is 0.329. The van der Waals surface area contributed by atoms with E-state index in [0.717, 1.165) is 38.9 Å². The normalized spacial score (nSPS) is 16.4. The van der Waals surface area contributed by atoms with Crippen LogP contribution in [0.15, 0.2) is 0 Å². The van der Waals surface area contributed by atoms with Gasteiger partial charge >= 0.3 is 5.97 Å². The first-order chi connectivity index (χ1) is 11.8. The maximum atomic E-state index is 11.3. The number of rotatable bonds is 11. The van der Waals surface area contributed by atoms with Gasteiger partial charge < -0.3 is 19.1 Å². The highest BCUT2D eigenvalue weighted by atomic mass is 16.6. The zero-order valence-corrected chi connectivity index (χ0v) is 16.9. The molecule has 1 rings (SSSR count). The van der Waals surface area contributed by atoms with Gasteiger partial charge in [-0.1, -0.05) is 42.5 Å². The van der Waals surface area contributed by atoms with E-state index >= 15 is 0 Å². The van der Waals surface area contributed by atoms with Crippen LogP contribution in [0.5, 0.6) is 0 Å². The minimum atomic E-state index is -0.0881. The van der Waals surface area contributed by atoms with Gasteiger partial charge in [0.2, 0.25) is 5.91 Å². The van der Waals surface area contributed by atoms with Gasteiger partial charge in [0, 0.05) is 26.6 Å². The number of nitrogens with zero attached hydrogens (tertiary/aromatic N) is 1. The highest BCUT2D eigenvalue weighted by molar-refractivity contribution is 5.77. The largest absolute Gasteiger partial charge is 0.465 e. The Kier molecular flexibility index (Phi) is 20.7. The van der Waals surface area contributed by atoms with Gasteiger partial charge in [-0.2, -0.15) is 0 Å². The van der Waals surface area contributed by atoms with Crippen molar-refractivity contribution in [3.8, 4) is 0 Å². The van der Waals surface area contributed by atoms with Gasteiger partial charge in [0.15, 0.2) is 0 Å². The van der Waals surface area contributed by atoms with Crippen LogP contribution in [0.4, 0.5) is 0 Å². The Morgan fingerprint density at radius 3 is 1.96 bits per heavy atom. The topological polar surface area (TPSA) is 68.4 Å². The second-order valence-electron chi connectivity index (χ2n) is 6.76. The summed E-state index contributed by atoms with van der Waals surface area (Å²) in [5.41, 5.74) is 0. The minimum Gasteiger partial charge on any atom is -0.465 e. The average molecular weight is 392 g/mol. The van der Waals surface area contributed by atoms with E-state index in [1.54, 1.807) is 19.0 Å². The molecule has 0 bridgehead atoms. The first-order valence-electron chi connectivity index (χ1n) is 9.40. The molecule has 0 aromatic heterocycles. The molecule has 1 saturated heterocycles. The van der Waals surface area contributed by atoms with Crippen molar-refractivity contribution < 1.29 is 23.8 Å². The van der Waals surface area contributed by atoms with Crippen molar-refractivity contribution >= 4 is 11.9 Å². The molecule has 0 spiro atoms. The Labute approximate surface area is 167 Å². The lowest BCUT2D eigenvalue weighted by Crippen LogP contribution is -2.27. The molecule has 1 heterocycles. The fraction of sp³-hybridized carbons (Fsp3) is 0.905. The van der Waals surface area contributed by atoms with Crippen LogP contribution in [0.1, 0.15) is 68.2 Å². The summed E-state index contributed by atoms with van der Waals surface area (Å²) in [6.45, 7) is 10.6. The van der Waals surface area contributed by atoms with E-state index in [1.165, 1.54) is 0 Å². The van der Waals surface area contributed by atoms with Crippen molar-refractivity contribution in [2.75, 3.05) is 40.5 Å². The number of amides is 1. The number of unbranched alkanes of at least 4 members (excludes halogenated alkanes) is 1. The molecule has 3 atom stereocenters.